The van der Waals surface area contributed by atoms with Crippen LogP contribution >= 0.6 is 15.9 Å². The Kier molecular flexibility index (Phi) is 3.46. The maximum atomic E-state index is 11.4. The monoisotopic (exact) mass is 259 g/mol. The number of carbonyl (C=O) groups excluding carboxylic acids is 2. The molecule has 1 N–H and O–H groups in total. The quantitative estimate of drug-likeness (QED) is 0.668. The highest BCUT2D eigenvalue weighted by Crippen LogP contribution is 2.24. The molecule has 1 heterocycles. The first-order chi connectivity index (χ1) is 6.61. The van der Waals surface area contributed by atoms with E-state index in [1.807, 2.05) is 0 Å². The van der Waals surface area contributed by atoms with Gasteiger partial charge in [-0.3, -0.25) is 4.79 Å². The van der Waals surface area contributed by atoms with E-state index in [-0.39, 0.29) is 0 Å². The van der Waals surface area contributed by atoms with Crippen molar-refractivity contribution in [2.75, 3.05) is 6.61 Å². The van der Waals surface area contributed by atoms with E-state index in [2.05, 4.69) is 20.9 Å². The lowest BCUT2D eigenvalue weighted by Gasteiger charge is -2.00. The lowest BCUT2D eigenvalue weighted by molar-refractivity contribution is 0.0524. The molecule has 0 amide bonds. The summed E-state index contributed by atoms with van der Waals surface area (Å²) >= 11 is 3.17. The van der Waals surface area contributed by atoms with Gasteiger partial charge in [0.05, 0.1) is 22.3 Å². The van der Waals surface area contributed by atoms with Crippen LogP contribution in [0.1, 0.15) is 33.5 Å². The summed E-state index contributed by atoms with van der Waals surface area (Å²) in [4.78, 5) is 24.8. The number of rotatable bonds is 3. The topological polar surface area (TPSA) is 59.2 Å². The summed E-state index contributed by atoms with van der Waals surface area (Å²) in [6.45, 7) is 3.75. The summed E-state index contributed by atoms with van der Waals surface area (Å²) in [5.74, 6) is -0.429. The fourth-order valence-corrected chi connectivity index (χ4v) is 1.80. The third-order valence-corrected chi connectivity index (χ3v) is 2.57. The normalized spacial score (nSPS) is 9.93. The molecule has 4 nitrogen and oxygen atoms in total. The molecule has 0 aromatic carbocycles. The fourth-order valence-electron chi connectivity index (χ4n) is 1.15. The first-order valence-electron chi connectivity index (χ1n) is 4.12. The number of nitrogens with one attached hydrogen (secondary N) is 1. The summed E-state index contributed by atoms with van der Waals surface area (Å²) < 4.78 is 5.30. The van der Waals surface area contributed by atoms with Gasteiger partial charge in [0, 0.05) is 5.69 Å². The predicted molar refractivity (Wildman–Crippen MR) is 54.6 cm³/mol. The van der Waals surface area contributed by atoms with Crippen LogP contribution in [0.15, 0.2) is 4.47 Å². The zero-order valence-electron chi connectivity index (χ0n) is 7.89. The van der Waals surface area contributed by atoms with E-state index in [1.54, 1.807) is 13.8 Å². The second kappa shape index (κ2) is 4.41. The molecule has 0 aliphatic heterocycles. The summed E-state index contributed by atoms with van der Waals surface area (Å²) in [5.41, 5.74) is 1.36. The number of aromatic amines is 1. The molecule has 0 fully saturated rings. The molecule has 0 saturated carbocycles. The van der Waals surface area contributed by atoms with Gasteiger partial charge in [0.25, 0.3) is 0 Å². The molecular formula is C9H10BrNO3. The van der Waals surface area contributed by atoms with Crippen LogP contribution in [0.25, 0.3) is 0 Å². The fraction of sp³-hybridized carbons (Fsp3) is 0.333. The Morgan fingerprint density at radius 3 is 2.71 bits per heavy atom. The molecule has 1 aromatic heterocycles. The average Bonchev–Trinajstić information content (AvgIpc) is 2.41. The Bertz CT molecular complexity index is 370. The Balaban J connectivity index is 3.13. The number of H-pyrrole nitrogens is 1. The van der Waals surface area contributed by atoms with E-state index in [0.29, 0.717) is 34.3 Å². The number of aryl methyl sites for hydroxylation is 1. The molecule has 0 aliphatic carbocycles. The lowest BCUT2D eigenvalue weighted by atomic mass is 10.2. The van der Waals surface area contributed by atoms with Gasteiger partial charge in [0.2, 0.25) is 0 Å². The first kappa shape index (κ1) is 11.0. The third-order valence-electron chi connectivity index (χ3n) is 1.75. The Labute approximate surface area is 89.8 Å². The van der Waals surface area contributed by atoms with Crippen LogP contribution in [0.4, 0.5) is 0 Å². The van der Waals surface area contributed by atoms with Crippen LogP contribution in [-0.2, 0) is 4.74 Å². The van der Waals surface area contributed by atoms with Gasteiger partial charge in [-0.1, -0.05) is 0 Å². The van der Waals surface area contributed by atoms with E-state index in [9.17, 15) is 9.59 Å². The molecular weight excluding hydrogens is 250 g/mol. The number of halogens is 1. The zero-order valence-corrected chi connectivity index (χ0v) is 9.47. The SMILES string of the molecule is CCOC(=O)c1c(C)[nH]c(C=O)c1Br. The van der Waals surface area contributed by atoms with E-state index >= 15 is 0 Å². The van der Waals surface area contributed by atoms with E-state index in [1.165, 1.54) is 0 Å². The van der Waals surface area contributed by atoms with Crippen LogP contribution in [0.5, 0.6) is 0 Å². The Morgan fingerprint density at radius 1 is 1.64 bits per heavy atom. The molecule has 0 radical (unpaired) electrons. The maximum Gasteiger partial charge on any atom is 0.341 e. The molecule has 0 atom stereocenters. The molecule has 0 spiro atoms. The minimum atomic E-state index is -0.429. The molecule has 0 saturated heterocycles. The van der Waals surface area contributed by atoms with Gasteiger partial charge < -0.3 is 9.72 Å². The minimum absolute atomic E-state index is 0.312. The summed E-state index contributed by atoms with van der Waals surface area (Å²) in [6, 6.07) is 0. The van der Waals surface area contributed by atoms with Crippen molar-refractivity contribution in [3.63, 3.8) is 0 Å². The van der Waals surface area contributed by atoms with Crippen molar-refractivity contribution in [2.45, 2.75) is 13.8 Å². The van der Waals surface area contributed by atoms with Gasteiger partial charge in [-0.25, -0.2) is 4.79 Å². The summed E-state index contributed by atoms with van der Waals surface area (Å²) in [7, 11) is 0. The van der Waals surface area contributed by atoms with Crippen molar-refractivity contribution in [1.29, 1.82) is 0 Å². The molecule has 1 aromatic rings. The average molecular weight is 260 g/mol. The lowest BCUT2D eigenvalue weighted by Crippen LogP contribution is -2.05. The number of hydrogen-bond acceptors (Lipinski definition) is 3. The summed E-state index contributed by atoms with van der Waals surface area (Å²) in [6.07, 6.45) is 0.653. The van der Waals surface area contributed by atoms with Crippen LogP contribution < -0.4 is 0 Å². The number of ether oxygens (including phenoxy) is 1. The number of esters is 1. The molecule has 0 unspecified atom stereocenters. The smallest absolute Gasteiger partial charge is 0.341 e. The van der Waals surface area contributed by atoms with Crippen molar-refractivity contribution in [2.24, 2.45) is 0 Å². The van der Waals surface area contributed by atoms with Crippen LogP contribution in [0.3, 0.4) is 0 Å². The van der Waals surface area contributed by atoms with E-state index in [4.69, 9.17) is 4.74 Å². The summed E-state index contributed by atoms with van der Waals surface area (Å²) in [5, 5.41) is 0. The Hall–Kier alpha value is -1.10. The maximum absolute atomic E-state index is 11.4. The molecule has 0 bridgehead atoms. The molecule has 0 aliphatic rings. The van der Waals surface area contributed by atoms with Gasteiger partial charge in [-0.2, -0.15) is 0 Å². The standard InChI is InChI=1S/C9H10BrNO3/c1-3-14-9(13)7-5(2)11-6(4-12)8(7)10/h4,11H,3H2,1-2H3. The van der Waals surface area contributed by atoms with Gasteiger partial charge >= 0.3 is 5.97 Å². The number of aromatic nitrogens is 1. The van der Waals surface area contributed by atoms with Crippen molar-refractivity contribution in [1.82, 2.24) is 4.98 Å². The third kappa shape index (κ3) is 1.87. The van der Waals surface area contributed by atoms with Crippen molar-refractivity contribution >= 4 is 28.2 Å². The predicted octanol–water partition coefficient (Wildman–Crippen LogP) is 2.07. The largest absolute Gasteiger partial charge is 0.462 e. The van der Waals surface area contributed by atoms with Gasteiger partial charge in [-0.05, 0) is 29.8 Å². The zero-order chi connectivity index (χ0) is 10.7. The van der Waals surface area contributed by atoms with Crippen molar-refractivity contribution < 1.29 is 14.3 Å². The number of aldehydes is 1. The van der Waals surface area contributed by atoms with Crippen LogP contribution in [-0.4, -0.2) is 23.8 Å². The molecule has 5 heteroatoms. The minimum Gasteiger partial charge on any atom is -0.462 e. The van der Waals surface area contributed by atoms with Gasteiger partial charge in [0.15, 0.2) is 6.29 Å². The Morgan fingerprint density at radius 2 is 2.29 bits per heavy atom. The molecule has 1 rings (SSSR count). The highest BCUT2D eigenvalue weighted by Gasteiger charge is 2.19. The van der Waals surface area contributed by atoms with Crippen LogP contribution in [0.2, 0.25) is 0 Å². The second-order valence-electron chi connectivity index (χ2n) is 2.69. The first-order valence-corrected chi connectivity index (χ1v) is 4.91. The van der Waals surface area contributed by atoms with Crippen molar-refractivity contribution in [3.8, 4) is 0 Å². The van der Waals surface area contributed by atoms with E-state index in [0.717, 1.165) is 0 Å². The molecule has 76 valence electrons. The highest BCUT2D eigenvalue weighted by molar-refractivity contribution is 9.10. The number of carbonyl (C=O) groups is 2. The second-order valence-corrected chi connectivity index (χ2v) is 3.48. The molecule has 14 heavy (non-hydrogen) atoms. The highest BCUT2D eigenvalue weighted by atomic mass is 79.9. The number of hydrogen-bond donors (Lipinski definition) is 1. The van der Waals surface area contributed by atoms with Gasteiger partial charge in [-0.15, -0.1) is 0 Å². The van der Waals surface area contributed by atoms with Gasteiger partial charge in [0.1, 0.15) is 0 Å². The van der Waals surface area contributed by atoms with Crippen molar-refractivity contribution in [3.05, 3.63) is 21.4 Å². The van der Waals surface area contributed by atoms with E-state index < -0.39 is 5.97 Å². The van der Waals surface area contributed by atoms with Crippen LogP contribution in [0, 0.1) is 6.92 Å².